The molecule has 108 valence electrons. The van der Waals surface area contributed by atoms with Crippen molar-refractivity contribution in [3.63, 3.8) is 0 Å². The standard InChI is InChI=1S/C14H17F2N3O/c1-9-12(14(20-3)19(2)18-9)8-17-7-10-4-5-11(15)6-13(10)16/h4-6,17H,7-8H2,1-3H3. The molecule has 1 aromatic carbocycles. The van der Waals surface area contributed by atoms with Gasteiger partial charge in [0.05, 0.1) is 18.4 Å². The van der Waals surface area contributed by atoms with Crippen LogP contribution in [0.2, 0.25) is 0 Å². The molecule has 0 aliphatic heterocycles. The van der Waals surface area contributed by atoms with Gasteiger partial charge >= 0.3 is 0 Å². The van der Waals surface area contributed by atoms with E-state index in [0.717, 1.165) is 17.3 Å². The van der Waals surface area contributed by atoms with Gasteiger partial charge in [0.2, 0.25) is 5.88 Å². The fourth-order valence-corrected chi connectivity index (χ4v) is 2.13. The molecule has 0 amide bonds. The van der Waals surface area contributed by atoms with Crippen LogP contribution in [0.1, 0.15) is 16.8 Å². The third kappa shape index (κ3) is 2.96. The summed E-state index contributed by atoms with van der Waals surface area (Å²) in [7, 11) is 3.38. The predicted octanol–water partition coefficient (Wildman–Crippen LogP) is 2.31. The summed E-state index contributed by atoms with van der Waals surface area (Å²) in [4.78, 5) is 0. The molecule has 1 heterocycles. The summed E-state index contributed by atoms with van der Waals surface area (Å²) >= 11 is 0. The van der Waals surface area contributed by atoms with Crippen molar-refractivity contribution in [2.24, 2.45) is 7.05 Å². The average Bonchev–Trinajstić information content (AvgIpc) is 2.66. The number of benzene rings is 1. The third-order valence-electron chi connectivity index (χ3n) is 3.11. The Bertz CT molecular complexity index is 611. The molecule has 1 N–H and O–H groups in total. The van der Waals surface area contributed by atoms with Gasteiger partial charge in [-0.05, 0) is 13.0 Å². The first-order valence-electron chi connectivity index (χ1n) is 6.24. The van der Waals surface area contributed by atoms with Gasteiger partial charge in [0, 0.05) is 31.8 Å². The quantitative estimate of drug-likeness (QED) is 0.914. The Morgan fingerprint density at radius 2 is 2.05 bits per heavy atom. The van der Waals surface area contributed by atoms with Crippen molar-refractivity contribution in [2.45, 2.75) is 20.0 Å². The Morgan fingerprint density at radius 3 is 2.70 bits per heavy atom. The largest absolute Gasteiger partial charge is 0.481 e. The Morgan fingerprint density at radius 1 is 1.30 bits per heavy atom. The van der Waals surface area contributed by atoms with Crippen LogP contribution in [-0.4, -0.2) is 16.9 Å². The molecule has 0 spiro atoms. The summed E-state index contributed by atoms with van der Waals surface area (Å²) in [6.45, 7) is 2.70. The monoisotopic (exact) mass is 281 g/mol. The molecule has 6 heteroatoms. The van der Waals surface area contributed by atoms with Crippen molar-refractivity contribution in [3.8, 4) is 5.88 Å². The highest BCUT2D eigenvalue weighted by molar-refractivity contribution is 5.30. The molecular weight excluding hydrogens is 264 g/mol. The zero-order valence-electron chi connectivity index (χ0n) is 11.7. The van der Waals surface area contributed by atoms with Gasteiger partial charge in [-0.3, -0.25) is 0 Å². The minimum absolute atomic E-state index is 0.309. The van der Waals surface area contributed by atoms with Gasteiger partial charge in [-0.15, -0.1) is 0 Å². The second-order valence-corrected chi connectivity index (χ2v) is 4.54. The number of ether oxygens (including phenoxy) is 1. The Balaban J connectivity index is 2.03. The topological polar surface area (TPSA) is 39.1 Å². The van der Waals surface area contributed by atoms with Gasteiger partial charge < -0.3 is 10.1 Å². The minimum Gasteiger partial charge on any atom is -0.481 e. The van der Waals surface area contributed by atoms with Crippen molar-refractivity contribution >= 4 is 0 Å². The van der Waals surface area contributed by atoms with E-state index in [9.17, 15) is 8.78 Å². The van der Waals surface area contributed by atoms with E-state index in [1.165, 1.54) is 12.1 Å². The molecule has 0 atom stereocenters. The van der Waals surface area contributed by atoms with Gasteiger partial charge in [-0.1, -0.05) is 6.07 Å². The molecule has 1 aromatic heterocycles. The lowest BCUT2D eigenvalue weighted by atomic mass is 10.2. The molecule has 2 rings (SSSR count). The summed E-state index contributed by atoms with van der Waals surface area (Å²) in [6.07, 6.45) is 0. The van der Waals surface area contributed by atoms with Crippen LogP contribution < -0.4 is 10.1 Å². The molecule has 0 saturated heterocycles. The van der Waals surface area contributed by atoms with E-state index >= 15 is 0 Å². The second-order valence-electron chi connectivity index (χ2n) is 4.54. The Kier molecular flexibility index (Phi) is 4.34. The van der Waals surface area contributed by atoms with Crippen LogP contribution in [0.15, 0.2) is 18.2 Å². The Labute approximate surface area is 116 Å². The normalized spacial score (nSPS) is 10.8. The highest BCUT2D eigenvalue weighted by Crippen LogP contribution is 2.20. The number of nitrogens with one attached hydrogen (secondary N) is 1. The van der Waals surface area contributed by atoms with E-state index in [0.29, 0.717) is 24.5 Å². The summed E-state index contributed by atoms with van der Waals surface area (Å²) in [5, 5.41) is 7.38. The highest BCUT2D eigenvalue weighted by atomic mass is 19.1. The van der Waals surface area contributed by atoms with E-state index in [1.807, 2.05) is 6.92 Å². The van der Waals surface area contributed by atoms with E-state index in [-0.39, 0.29) is 0 Å². The number of aromatic nitrogens is 2. The number of rotatable bonds is 5. The molecule has 2 aromatic rings. The smallest absolute Gasteiger partial charge is 0.216 e. The van der Waals surface area contributed by atoms with Crippen molar-refractivity contribution in [3.05, 3.63) is 46.7 Å². The SMILES string of the molecule is COc1c(CNCc2ccc(F)cc2F)c(C)nn1C. The summed E-state index contributed by atoms with van der Waals surface area (Å²) < 4.78 is 33.2. The lowest BCUT2D eigenvalue weighted by Gasteiger charge is -2.08. The van der Waals surface area contributed by atoms with Gasteiger partial charge in [0.1, 0.15) is 11.6 Å². The van der Waals surface area contributed by atoms with Crippen LogP contribution in [-0.2, 0) is 20.1 Å². The zero-order chi connectivity index (χ0) is 14.7. The molecule has 0 aliphatic rings. The summed E-state index contributed by atoms with van der Waals surface area (Å²) in [6, 6.07) is 3.56. The van der Waals surface area contributed by atoms with Gasteiger partial charge in [-0.25, -0.2) is 13.5 Å². The summed E-state index contributed by atoms with van der Waals surface area (Å²) in [5.41, 5.74) is 2.21. The number of aryl methyl sites for hydroxylation is 2. The predicted molar refractivity (Wildman–Crippen MR) is 71.4 cm³/mol. The Hall–Kier alpha value is -1.95. The third-order valence-corrected chi connectivity index (χ3v) is 3.11. The van der Waals surface area contributed by atoms with E-state index < -0.39 is 11.6 Å². The van der Waals surface area contributed by atoms with Crippen molar-refractivity contribution in [1.29, 1.82) is 0 Å². The first-order chi connectivity index (χ1) is 9.52. The van der Waals surface area contributed by atoms with Gasteiger partial charge in [-0.2, -0.15) is 5.10 Å². The number of methoxy groups -OCH3 is 1. The number of hydrogen-bond acceptors (Lipinski definition) is 3. The van der Waals surface area contributed by atoms with Crippen LogP contribution in [0.5, 0.6) is 5.88 Å². The van der Waals surface area contributed by atoms with Crippen molar-refractivity contribution in [2.75, 3.05) is 7.11 Å². The molecule has 0 bridgehead atoms. The molecule has 0 radical (unpaired) electrons. The van der Waals surface area contributed by atoms with E-state index in [2.05, 4.69) is 10.4 Å². The van der Waals surface area contributed by atoms with Crippen molar-refractivity contribution < 1.29 is 13.5 Å². The zero-order valence-corrected chi connectivity index (χ0v) is 11.7. The van der Waals surface area contributed by atoms with Crippen LogP contribution in [0.25, 0.3) is 0 Å². The second kappa shape index (κ2) is 6.00. The first-order valence-corrected chi connectivity index (χ1v) is 6.24. The fraction of sp³-hybridized carbons (Fsp3) is 0.357. The molecule has 0 fully saturated rings. The molecular formula is C14H17F2N3O. The van der Waals surface area contributed by atoms with Crippen LogP contribution in [0, 0.1) is 18.6 Å². The number of halogens is 2. The summed E-state index contributed by atoms with van der Waals surface area (Å²) in [5.74, 6) is -0.446. The van der Waals surface area contributed by atoms with Gasteiger partial charge in [0.15, 0.2) is 0 Å². The molecule has 0 aliphatic carbocycles. The average molecular weight is 281 g/mol. The van der Waals surface area contributed by atoms with Crippen LogP contribution in [0.3, 0.4) is 0 Å². The first kappa shape index (κ1) is 14.5. The molecule has 0 unspecified atom stereocenters. The molecule has 0 saturated carbocycles. The van der Waals surface area contributed by atoms with Crippen LogP contribution >= 0.6 is 0 Å². The maximum atomic E-state index is 13.5. The minimum atomic E-state index is -0.573. The highest BCUT2D eigenvalue weighted by Gasteiger charge is 2.13. The van der Waals surface area contributed by atoms with Gasteiger partial charge in [0.25, 0.3) is 0 Å². The maximum Gasteiger partial charge on any atom is 0.216 e. The number of hydrogen-bond donors (Lipinski definition) is 1. The molecule has 4 nitrogen and oxygen atoms in total. The maximum absolute atomic E-state index is 13.5. The fourth-order valence-electron chi connectivity index (χ4n) is 2.13. The van der Waals surface area contributed by atoms with E-state index in [1.54, 1.807) is 18.8 Å². The van der Waals surface area contributed by atoms with Crippen molar-refractivity contribution in [1.82, 2.24) is 15.1 Å². The molecule has 20 heavy (non-hydrogen) atoms. The lowest BCUT2D eigenvalue weighted by molar-refractivity contribution is 0.368. The number of nitrogens with zero attached hydrogens (tertiary/aromatic N) is 2. The van der Waals surface area contributed by atoms with Crippen LogP contribution in [0.4, 0.5) is 8.78 Å². The lowest BCUT2D eigenvalue weighted by Crippen LogP contribution is -2.15. The van der Waals surface area contributed by atoms with E-state index in [4.69, 9.17) is 4.74 Å².